The Morgan fingerprint density at radius 3 is 2.35 bits per heavy atom. The van der Waals surface area contributed by atoms with E-state index in [2.05, 4.69) is 20.8 Å². The lowest BCUT2D eigenvalue weighted by atomic mass is 10.1. The first-order valence-corrected chi connectivity index (χ1v) is 6.14. The van der Waals surface area contributed by atoms with Gasteiger partial charge < -0.3 is 0 Å². The zero-order chi connectivity index (χ0) is 14.5. The second kappa shape index (κ2) is 6.10. The van der Waals surface area contributed by atoms with E-state index in [4.69, 9.17) is 0 Å². The van der Waals surface area contributed by atoms with Gasteiger partial charge in [0.05, 0.1) is 6.42 Å². The van der Waals surface area contributed by atoms with Crippen LogP contribution in [0.25, 0.3) is 0 Å². The number of hydrogen-bond acceptors (Lipinski definition) is 4. The Balaban J connectivity index is 1.90. The van der Waals surface area contributed by atoms with Gasteiger partial charge in [-0.05, 0) is 37.6 Å². The van der Waals surface area contributed by atoms with Crippen molar-refractivity contribution in [1.82, 2.24) is 15.4 Å². The van der Waals surface area contributed by atoms with E-state index in [1.54, 1.807) is 12.1 Å². The van der Waals surface area contributed by atoms with Gasteiger partial charge in [0.25, 0.3) is 0 Å². The predicted molar refractivity (Wildman–Crippen MR) is 73.4 cm³/mol. The fraction of sp³-hybridized carbons (Fsp3) is 0.214. The van der Waals surface area contributed by atoms with Crippen LogP contribution in [0.2, 0.25) is 0 Å². The highest BCUT2D eigenvalue weighted by atomic mass is 19.1. The second-order valence-electron chi connectivity index (χ2n) is 4.45. The number of hydrogen-bond donors (Lipinski definition) is 2. The van der Waals surface area contributed by atoms with Crippen molar-refractivity contribution in [2.75, 3.05) is 5.43 Å². The quantitative estimate of drug-likeness (QED) is 0.836. The molecule has 0 spiro atoms. The van der Waals surface area contributed by atoms with E-state index in [0.29, 0.717) is 5.95 Å². The van der Waals surface area contributed by atoms with Crippen molar-refractivity contribution in [3.63, 3.8) is 0 Å². The van der Waals surface area contributed by atoms with Gasteiger partial charge in [-0.2, -0.15) is 0 Å². The topological polar surface area (TPSA) is 66.9 Å². The number of nitrogens with zero attached hydrogens (tertiary/aromatic N) is 2. The Bertz CT molecular complexity index is 593. The molecule has 104 valence electrons. The SMILES string of the molecule is Cc1cc(C)nc(NNC(=O)Cc2ccc(F)cc2)n1. The highest BCUT2D eigenvalue weighted by molar-refractivity contribution is 5.79. The van der Waals surface area contributed by atoms with E-state index < -0.39 is 0 Å². The molecule has 5 nitrogen and oxygen atoms in total. The Morgan fingerprint density at radius 1 is 1.15 bits per heavy atom. The lowest BCUT2D eigenvalue weighted by Gasteiger charge is -2.08. The number of benzene rings is 1. The molecular weight excluding hydrogens is 259 g/mol. The van der Waals surface area contributed by atoms with Crippen LogP contribution in [0.3, 0.4) is 0 Å². The van der Waals surface area contributed by atoms with Crippen LogP contribution >= 0.6 is 0 Å². The molecule has 0 fully saturated rings. The number of hydrazine groups is 1. The van der Waals surface area contributed by atoms with E-state index in [0.717, 1.165) is 17.0 Å². The summed E-state index contributed by atoms with van der Waals surface area (Å²) >= 11 is 0. The van der Waals surface area contributed by atoms with E-state index >= 15 is 0 Å². The average molecular weight is 274 g/mol. The molecule has 1 aromatic carbocycles. The standard InChI is InChI=1S/C14H15FN4O/c1-9-7-10(2)17-14(16-9)19-18-13(20)8-11-3-5-12(15)6-4-11/h3-7H,8H2,1-2H3,(H,18,20)(H,16,17,19). The Kier molecular flexibility index (Phi) is 4.24. The molecule has 2 aromatic rings. The number of rotatable bonds is 4. The second-order valence-corrected chi connectivity index (χ2v) is 4.45. The zero-order valence-electron chi connectivity index (χ0n) is 11.3. The fourth-order valence-electron chi connectivity index (χ4n) is 1.74. The number of aromatic nitrogens is 2. The summed E-state index contributed by atoms with van der Waals surface area (Å²) in [6.07, 6.45) is 0.151. The van der Waals surface area contributed by atoms with Crippen LogP contribution in [0.15, 0.2) is 30.3 Å². The van der Waals surface area contributed by atoms with E-state index in [1.807, 2.05) is 19.9 Å². The van der Waals surface area contributed by atoms with Crippen molar-refractivity contribution >= 4 is 11.9 Å². The van der Waals surface area contributed by atoms with Gasteiger partial charge in [-0.25, -0.2) is 14.4 Å². The third-order valence-electron chi connectivity index (χ3n) is 2.57. The third-order valence-corrected chi connectivity index (χ3v) is 2.57. The van der Waals surface area contributed by atoms with Gasteiger partial charge in [-0.15, -0.1) is 0 Å². The maximum atomic E-state index is 12.7. The highest BCUT2D eigenvalue weighted by Crippen LogP contribution is 2.04. The summed E-state index contributed by atoms with van der Waals surface area (Å²) in [6, 6.07) is 7.63. The molecule has 0 unspecified atom stereocenters. The molecule has 2 rings (SSSR count). The van der Waals surface area contributed by atoms with Gasteiger partial charge in [0.1, 0.15) is 5.82 Å². The van der Waals surface area contributed by atoms with Crippen LogP contribution in [-0.4, -0.2) is 15.9 Å². The number of carbonyl (C=O) groups excluding carboxylic acids is 1. The largest absolute Gasteiger partial charge is 0.273 e. The minimum atomic E-state index is -0.323. The minimum Gasteiger partial charge on any atom is -0.273 e. The molecule has 2 N–H and O–H groups in total. The summed E-state index contributed by atoms with van der Waals surface area (Å²) in [5, 5.41) is 0. The molecule has 20 heavy (non-hydrogen) atoms. The van der Waals surface area contributed by atoms with Crippen molar-refractivity contribution in [3.05, 3.63) is 53.1 Å². The fourth-order valence-corrected chi connectivity index (χ4v) is 1.74. The zero-order valence-corrected chi connectivity index (χ0v) is 11.3. The minimum absolute atomic E-state index is 0.151. The number of carbonyl (C=O) groups is 1. The molecule has 0 aliphatic heterocycles. The van der Waals surface area contributed by atoms with E-state index in [-0.39, 0.29) is 18.1 Å². The van der Waals surface area contributed by atoms with Gasteiger partial charge >= 0.3 is 0 Å². The van der Waals surface area contributed by atoms with Crippen molar-refractivity contribution in [3.8, 4) is 0 Å². The summed E-state index contributed by atoms with van der Waals surface area (Å²) in [6.45, 7) is 3.69. The molecule has 0 atom stereocenters. The van der Waals surface area contributed by atoms with E-state index in [1.165, 1.54) is 12.1 Å². The van der Waals surface area contributed by atoms with Crippen LogP contribution in [0.1, 0.15) is 17.0 Å². The van der Waals surface area contributed by atoms with E-state index in [9.17, 15) is 9.18 Å². The summed E-state index contributed by atoms with van der Waals surface area (Å²) in [4.78, 5) is 20.0. The lowest BCUT2D eigenvalue weighted by Crippen LogP contribution is -2.31. The van der Waals surface area contributed by atoms with Crippen LogP contribution < -0.4 is 10.9 Å². The normalized spacial score (nSPS) is 10.2. The number of nitrogens with one attached hydrogen (secondary N) is 2. The van der Waals surface area contributed by atoms with Crippen molar-refractivity contribution in [2.24, 2.45) is 0 Å². The number of anilines is 1. The molecule has 0 bridgehead atoms. The van der Waals surface area contributed by atoms with Gasteiger partial charge in [0.2, 0.25) is 11.9 Å². The van der Waals surface area contributed by atoms with Gasteiger partial charge in [0.15, 0.2) is 0 Å². The van der Waals surface area contributed by atoms with Crippen molar-refractivity contribution < 1.29 is 9.18 Å². The van der Waals surface area contributed by atoms with Gasteiger partial charge in [-0.1, -0.05) is 12.1 Å². The van der Waals surface area contributed by atoms with Crippen LogP contribution in [0.4, 0.5) is 10.3 Å². The van der Waals surface area contributed by atoms with Crippen LogP contribution in [-0.2, 0) is 11.2 Å². The Labute approximate surface area is 116 Å². The Morgan fingerprint density at radius 2 is 1.75 bits per heavy atom. The molecule has 1 aromatic heterocycles. The maximum absolute atomic E-state index is 12.7. The number of aryl methyl sites for hydroxylation is 2. The number of halogens is 1. The van der Waals surface area contributed by atoms with Crippen LogP contribution in [0, 0.1) is 19.7 Å². The van der Waals surface area contributed by atoms with Gasteiger partial charge in [-0.3, -0.25) is 15.6 Å². The molecule has 0 aliphatic rings. The average Bonchev–Trinajstić information content (AvgIpc) is 2.38. The molecule has 1 amide bonds. The summed E-state index contributed by atoms with van der Waals surface area (Å²) < 4.78 is 12.7. The van der Waals surface area contributed by atoms with Crippen molar-refractivity contribution in [1.29, 1.82) is 0 Å². The highest BCUT2D eigenvalue weighted by Gasteiger charge is 2.05. The van der Waals surface area contributed by atoms with Crippen LogP contribution in [0.5, 0.6) is 0 Å². The predicted octanol–water partition coefficient (Wildman–Crippen LogP) is 1.92. The summed E-state index contributed by atoms with van der Waals surface area (Å²) in [5.74, 6) is -0.231. The molecule has 0 saturated carbocycles. The number of amides is 1. The monoisotopic (exact) mass is 274 g/mol. The molecule has 1 heterocycles. The Hall–Kier alpha value is -2.50. The first-order chi connectivity index (χ1) is 9.52. The lowest BCUT2D eigenvalue weighted by molar-refractivity contribution is -0.119. The maximum Gasteiger partial charge on any atom is 0.242 e. The smallest absolute Gasteiger partial charge is 0.242 e. The third kappa shape index (κ3) is 4.01. The first-order valence-electron chi connectivity index (χ1n) is 6.14. The summed E-state index contributed by atoms with van der Waals surface area (Å²) in [5.41, 5.74) is 7.52. The summed E-state index contributed by atoms with van der Waals surface area (Å²) in [7, 11) is 0. The molecular formula is C14H15FN4O. The molecule has 0 aliphatic carbocycles. The molecule has 6 heteroatoms. The first kappa shape index (κ1) is 13.9. The van der Waals surface area contributed by atoms with Crippen molar-refractivity contribution in [2.45, 2.75) is 20.3 Å². The molecule has 0 saturated heterocycles. The van der Waals surface area contributed by atoms with Gasteiger partial charge in [0, 0.05) is 11.4 Å². The molecule has 0 radical (unpaired) electrons.